The average molecular weight is 420 g/mol. The molecule has 2 aromatic carbocycles. The molecule has 0 saturated carbocycles. The van der Waals surface area contributed by atoms with Crippen LogP contribution in [0.3, 0.4) is 0 Å². The van der Waals surface area contributed by atoms with Gasteiger partial charge in [-0.05, 0) is 24.3 Å². The van der Waals surface area contributed by atoms with E-state index < -0.39 is 28.9 Å². The van der Waals surface area contributed by atoms with Gasteiger partial charge < -0.3 is 9.47 Å². The van der Waals surface area contributed by atoms with E-state index in [4.69, 9.17) is 9.47 Å². The number of hydrogen-bond donors (Lipinski definition) is 0. The number of ether oxygens (including phenoxy) is 2. The summed E-state index contributed by atoms with van der Waals surface area (Å²) in [5, 5.41) is 0. The zero-order valence-corrected chi connectivity index (χ0v) is 17.9. The van der Waals surface area contributed by atoms with Gasteiger partial charge in [0.25, 0.3) is 0 Å². The average Bonchev–Trinajstić information content (AvgIpc) is 3.26. The predicted molar refractivity (Wildman–Crippen MR) is 115 cm³/mol. The third kappa shape index (κ3) is 3.40. The predicted octanol–water partition coefficient (Wildman–Crippen LogP) is 3.47. The summed E-state index contributed by atoms with van der Waals surface area (Å²) in [6, 6.07) is 15.6. The number of rotatable bonds is 4. The molecule has 7 nitrogen and oxygen atoms in total. The van der Waals surface area contributed by atoms with Crippen molar-refractivity contribution in [3.05, 3.63) is 60.2 Å². The number of methoxy groups -OCH3 is 1. The molecule has 0 aliphatic carbocycles. The Morgan fingerprint density at radius 2 is 1.68 bits per heavy atom. The highest BCUT2D eigenvalue weighted by Gasteiger charge is 2.59. The second kappa shape index (κ2) is 7.34. The smallest absolute Gasteiger partial charge is 0.355 e. The zero-order chi connectivity index (χ0) is 22.4. The van der Waals surface area contributed by atoms with Crippen LogP contribution in [0.15, 0.2) is 59.6 Å². The van der Waals surface area contributed by atoms with Crippen molar-refractivity contribution in [1.29, 1.82) is 0 Å². The van der Waals surface area contributed by atoms with E-state index >= 15 is 0 Å². The Morgan fingerprint density at radius 1 is 1.03 bits per heavy atom. The largest absolute Gasteiger partial charge is 0.497 e. The SMILES string of the molecule is COc1ccc(N2C(=O)CC(C3(c4ccccc4)N=C(C(C)(C)C)C(=O)O3)C2=O)cc1. The van der Waals surface area contributed by atoms with Gasteiger partial charge in [-0.25, -0.2) is 9.79 Å². The molecule has 1 saturated heterocycles. The number of cyclic esters (lactones) is 1. The Bertz CT molecular complexity index is 1070. The minimum Gasteiger partial charge on any atom is -0.497 e. The molecule has 2 amide bonds. The molecular formula is C24H24N2O5. The van der Waals surface area contributed by atoms with Gasteiger partial charge in [0.1, 0.15) is 17.4 Å². The highest BCUT2D eigenvalue weighted by atomic mass is 16.6. The van der Waals surface area contributed by atoms with Crippen LogP contribution in [0.1, 0.15) is 32.8 Å². The van der Waals surface area contributed by atoms with E-state index in [-0.39, 0.29) is 18.0 Å². The van der Waals surface area contributed by atoms with Crippen molar-refractivity contribution in [3.8, 4) is 5.75 Å². The highest BCUT2D eigenvalue weighted by molar-refractivity contribution is 6.39. The van der Waals surface area contributed by atoms with Gasteiger partial charge in [0.15, 0.2) is 0 Å². The molecule has 1 fully saturated rings. The van der Waals surface area contributed by atoms with Crippen molar-refractivity contribution in [2.75, 3.05) is 12.0 Å². The van der Waals surface area contributed by atoms with E-state index in [0.29, 0.717) is 17.0 Å². The van der Waals surface area contributed by atoms with Gasteiger partial charge in [0.05, 0.1) is 12.8 Å². The van der Waals surface area contributed by atoms with Crippen LogP contribution in [-0.2, 0) is 24.8 Å². The van der Waals surface area contributed by atoms with Gasteiger partial charge in [-0.15, -0.1) is 0 Å². The molecule has 31 heavy (non-hydrogen) atoms. The maximum absolute atomic E-state index is 13.5. The molecule has 2 unspecified atom stereocenters. The first-order chi connectivity index (χ1) is 14.7. The highest BCUT2D eigenvalue weighted by Crippen LogP contribution is 2.47. The van der Waals surface area contributed by atoms with Gasteiger partial charge in [-0.2, -0.15) is 0 Å². The first-order valence-corrected chi connectivity index (χ1v) is 10.1. The molecular weight excluding hydrogens is 396 g/mol. The normalized spacial score (nSPS) is 23.7. The molecule has 7 heteroatoms. The van der Waals surface area contributed by atoms with E-state index in [1.807, 2.05) is 26.8 Å². The van der Waals surface area contributed by atoms with Crippen LogP contribution < -0.4 is 9.64 Å². The van der Waals surface area contributed by atoms with Crippen LogP contribution in [0, 0.1) is 11.3 Å². The zero-order valence-electron chi connectivity index (χ0n) is 17.9. The van der Waals surface area contributed by atoms with E-state index in [0.717, 1.165) is 4.90 Å². The summed E-state index contributed by atoms with van der Waals surface area (Å²) in [7, 11) is 1.54. The topological polar surface area (TPSA) is 85.3 Å². The van der Waals surface area contributed by atoms with Gasteiger partial charge in [-0.3, -0.25) is 14.5 Å². The Balaban J connectivity index is 1.80. The first kappa shape index (κ1) is 20.8. The fourth-order valence-electron chi connectivity index (χ4n) is 3.99. The minimum absolute atomic E-state index is 0.117. The molecule has 0 N–H and O–H groups in total. The third-order valence-corrected chi connectivity index (χ3v) is 5.57. The summed E-state index contributed by atoms with van der Waals surface area (Å²) in [4.78, 5) is 45.1. The maximum Gasteiger partial charge on any atom is 0.355 e. The minimum atomic E-state index is -1.57. The number of carbonyl (C=O) groups excluding carboxylic acids is 3. The second-order valence-electron chi connectivity index (χ2n) is 8.68. The van der Waals surface area contributed by atoms with Crippen molar-refractivity contribution >= 4 is 29.2 Å². The summed E-state index contributed by atoms with van der Waals surface area (Å²) in [5.41, 5.74) is -0.903. The van der Waals surface area contributed by atoms with E-state index in [1.165, 1.54) is 0 Å². The van der Waals surface area contributed by atoms with Crippen molar-refractivity contribution < 1.29 is 23.9 Å². The third-order valence-electron chi connectivity index (χ3n) is 5.57. The van der Waals surface area contributed by atoms with Crippen LogP contribution in [0.5, 0.6) is 5.75 Å². The first-order valence-electron chi connectivity index (χ1n) is 10.1. The van der Waals surface area contributed by atoms with Crippen molar-refractivity contribution in [3.63, 3.8) is 0 Å². The fraction of sp³-hybridized carbons (Fsp3) is 0.333. The Hall–Kier alpha value is -3.48. The molecule has 2 heterocycles. The molecule has 2 aliphatic rings. The Labute approximate surface area is 180 Å². The lowest BCUT2D eigenvalue weighted by molar-refractivity contribution is -0.156. The summed E-state index contributed by atoms with van der Waals surface area (Å²) >= 11 is 0. The number of amides is 2. The molecule has 0 bridgehead atoms. The molecule has 160 valence electrons. The molecule has 0 spiro atoms. The Kier molecular flexibility index (Phi) is 4.92. The van der Waals surface area contributed by atoms with Gasteiger partial charge in [-0.1, -0.05) is 51.1 Å². The fourth-order valence-corrected chi connectivity index (χ4v) is 3.99. The van der Waals surface area contributed by atoms with Crippen molar-refractivity contribution in [2.45, 2.75) is 32.9 Å². The number of benzene rings is 2. The molecule has 2 aliphatic heterocycles. The lowest BCUT2D eigenvalue weighted by Crippen LogP contribution is -2.40. The number of esters is 1. The lowest BCUT2D eigenvalue weighted by atomic mass is 9.86. The quantitative estimate of drug-likeness (QED) is 0.559. The second-order valence-corrected chi connectivity index (χ2v) is 8.68. The molecule has 4 rings (SSSR count). The number of carbonyl (C=O) groups is 3. The number of imide groups is 1. The maximum atomic E-state index is 13.5. The number of nitrogens with zero attached hydrogens (tertiary/aromatic N) is 2. The van der Waals surface area contributed by atoms with Crippen LogP contribution >= 0.6 is 0 Å². The molecule has 2 atom stereocenters. The molecule has 0 aromatic heterocycles. The van der Waals surface area contributed by atoms with E-state index in [2.05, 4.69) is 4.99 Å². The van der Waals surface area contributed by atoms with Crippen molar-refractivity contribution in [2.24, 2.45) is 16.3 Å². The van der Waals surface area contributed by atoms with Gasteiger partial charge in [0, 0.05) is 17.4 Å². The van der Waals surface area contributed by atoms with Crippen LogP contribution in [0.25, 0.3) is 0 Å². The van der Waals surface area contributed by atoms with Crippen LogP contribution in [0.2, 0.25) is 0 Å². The van der Waals surface area contributed by atoms with E-state index in [9.17, 15) is 14.4 Å². The molecule has 2 aromatic rings. The van der Waals surface area contributed by atoms with E-state index in [1.54, 1.807) is 55.6 Å². The summed E-state index contributed by atoms with van der Waals surface area (Å²) < 4.78 is 11.0. The van der Waals surface area contributed by atoms with Crippen LogP contribution in [0.4, 0.5) is 5.69 Å². The Morgan fingerprint density at radius 3 is 2.23 bits per heavy atom. The number of aliphatic imine (C=N–C) groups is 1. The van der Waals surface area contributed by atoms with Crippen LogP contribution in [-0.4, -0.2) is 30.6 Å². The van der Waals surface area contributed by atoms with Crippen molar-refractivity contribution in [1.82, 2.24) is 0 Å². The van der Waals surface area contributed by atoms with Gasteiger partial charge >= 0.3 is 5.97 Å². The standard InChI is InChI=1S/C24H24N2O5/c1-23(2,3)20-22(29)31-24(25-20,15-8-6-5-7-9-15)18-14-19(27)26(21(18)28)16-10-12-17(30-4)13-11-16/h5-13,18H,14H2,1-4H3. The number of anilines is 1. The lowest BCUT2D eigenvalue weighted by Gasteiger charge is -2.30. The monoisotopic (exact) mass is 420 g/mol. The summed E-state index contributed by atoms with van der Waals surface area (Å²) in [5.74, 6) is -1.74. The summed E-state index contributed by atoms with van der Waals surface area (Å²) in [6.07, 6.45) is -0.117. The summed E-state index contributed by atoms with van der Waals surface area (Å²) in [6.45, 7) is 5.58. The molecule has 0 radical (unpaired) electrons. The van der Waals surface area contributed by atoms with Gasteiger partial charge in [0.2, 0.25) is 17.5 Å². The number of hydrogen-bond acceptors (Lipinski definition) is 6.